The summed E-state index contributed by atoms with van der Waals surface area (Å²) in [6, 6.07) is 14.9. The summed E-state index contributed by atoms with van der Waals surface area (Å²) in [7, 11) is 0. The van der Waals surface area contributed by atoms with E-state index in [0.29, 0.717) is 39.0 Å². The summed E-state index contributed by atoms with van der Waals surface area (Å²) in [4.78, 5) is 18.2. The highest BCUT2D eigenvalue weighted by Crippen LogP contribution is 2.39. The summed E-state index contributed by atoms with van der Waals surface area (Å²) >= 11 is 0. The number of aryl methyl sites for hydroxylation is 1. The molecule has 162 valence electrons. The third kappa shape index (κ3) is 4.00. The zero-order chi connectivity index (χ0) is 20.7. The fourth-order valence-electron chi connectivity index (χ4n) is 4.49. The van der Waals surface area contributed by atoms with Gasteiger partial charge in [0.1, 0.15) is 5.75 Å². The first-order valence-corrected chi connectivity index (χ1v) is 10.7. The van der Waals surface area contributed by atoms with Gasteiger partial charge < -0.3 is 14.4 Å². The number of amides is 1. The normalized spacial score (nSPS) is 17.0. The van der Waals surface area contributed by atoms with Crippen LogP contribution in [0.15, 0.2) is 48.7 Å². The van der Waals surface area contributed by atoms with Crippen molar-refractivity contribution < 1.29 is 14.3 Å². The summed E-state index contributed by atoms with van der Waals surface area (Å²) in [6.45, 7) is 5.84. The van der Waals surface area contributed by atoms with Crippen LogP contribution in [0, 0.1) is 6.92 Å². The SMILES string of the molecule is CCC(=O)N1CCC2(CC1)OCc1cc(-c3ccc4c(C)nccc4c3)ccc1O2.Cl. The monoisotopic (exact) mass is 438 g/mol. The van der Waals surface area contributed by atoms with Crippen LogP contribution in [0.5, 0.6) is 5.75 Å². The second-order valence-electron chi connectivity index (χ2n) is 8.19. The van der Waals surface area contributed by atoms with Crippen LogP contribution in [0.2, 0.25) is 0 Å². The molecule has 5 rings (SSSR count). The van der Waals surface area contributed by atoms with Gasteiger partial charge in [-0.1, -0.05) is 25.1 Å². The number of nitrogens with zero attached hydrogens (tertiary/aromatic N) is 2. The number of fused-ring (bicyclic) bond motifs is 2. The van der Waals surface area contributed by atoms with Gasteiger partial charge in [-0.2, -0.15) is 0 Å². The zero-order valence-corrected chi connectivity index (χ0v) is 18.7. The molecule has 1 saturated heterocycles. The maximum atomic E-state index is 11.9. The van der Waals surface area contributed by atoms with Crippen LogP contribution in [0.25, 0.3) is 21.9 Å². The lowest BCUT2D eigenvalue weighted by Gasteiger charge is -2.44. The highest BCUT2D eigenvalue weighted by Gasteiger charge is 2.41. The van der Waals surface area contributed by atoms with Gasteiger partial charge in [-0.25, -0.2) is 0 Å². The molecule has 1 amide bonds. The lowest BCUT2D eigenvalue weighted by molar-refractivity contribution is -0.227. The molecule has 31 heavy (non-hydrogen) atoms. The molecule has 0 saturated carbocycles. The van der Waals surface area contributed by atoms with Crippen molar-refractivity contribution in [3.8, 4) is 16.9 Å². The van der Waals surface area contributed by atoms with Crippen molar-refractivity contribution in [2.75, 3.05) is 13.1 Å². The van der Waals surface area contributed by atoms with Crippen LogP contribution >= 0.6 is 12.4 Å². The van der Waals surface area contributed by atoms with E-state index in [-0.39, 0.29) is 18.3 Å². The van der Waals surface area contributed by atoms with Crippen molar-refractivity contribution in [1.82, 2.24) is 9.88 Å². The Balaban J connectivity index is 0.00000231. The minimum Gasteiger partial charge on any atom is -0.462 e. The van der Waals surface area contributed by atoms with Crippen molar-refractivity contribution in [2.24, 2.45) is 0 Å². The molecule has 2 aliphatic heterocycles. The van der Waals surface area contributed by atoms with Gasteiger partial charge in [0, 0.05) is 55.2 Å². The molecule has 0 N–H and O–H groups in total. The Morgan fingerprint density at radius 2 is 1.84 bits per heavy atom. The molecule has 1 fully saturated rings. The molecule has 5 nitrogen and oxygen atoms in total. The number of hydrogen-bond acceptors (Lipinski definition) is 4. The Kier molecular flexibility index (Phi) is 5.91. The second-order valence-corrected chi connectivity index (χ2v) is 8.19. The molecular weight excluding hydrogens is 412 g/mol. The standard InChI is InChI=1S/C25H26N2O3.ClH/c1-3-24(28)27-12-9-25(10-13-27)29-16-21-15-19(5-7-23(21)30-25)18-4-6-22-17(2)26-11-8-20(22)14-18;/h4-8,11,14-15H,3,9-10,12-13,16H2,1-2H3;1H. The van der Waals surface area contributed by atoms with Crippen LogP contribution in [-0.2, 0) is 16.1 Å². The molecule has 2 aromatic carbocycles. The largest absolute Gasteiger partial charge is 0.462 e. The molecule has 0 atom stereocenters. The summed E-state index contributed by atoms with van der Waals surface area (Å²) < 4.78 is 12.5. The number of piperidine rings is 1. The average molecular weight is 439 g/mol. The molecule has 1 aromatic heterocycles. The highest BCUT2D eigenvalue weighted by molar-refractivity contribution is 5.88. The van der Waals surface area contributed by atoms with E-state index in [0.717, 1.165) is 22.6 Å². The predicted octanol–water partition coefficient (Wildman–Crippen LogP) is 5.27. The zero-order valence-electron chi connectivity index (χ0n) is 17.9. The second kappa shape index (κ2) is 8.48. The number of aromatic nitrogens is 1. The van der Waals surface area contributed by atoms with E-state index in [1.807, 2.05) is 24.9 Å². The number of ether oxygens (including phenoxy) is 2. The van der Waals surface area contributed by atoms with Crippen molar-refractivity contribution in [1.29, 1.82) is 0 Å². The van der Waals surface area contributed by atoms with Crippen LogP contribution in [-0.4, -0.2) is 34.7 Å². The van der Waals surface area contributed by atoms with Crippen LogP contribution in [0.4, 0.5) is 0 Å². The summed E-state index contributed by atoms with van der Waals surface area (Å²) in [5.74, 6) is 0.486. The minimum atomic E-state index is -0.605. The van der Waals surface area contributed by atoms with E-state index >= 15 is 0 Å². The lowest BCUT2D eigenvalue weighted by atomic mass is 9.97. The van der Waals surface area contributed by atoms with Gasteiger partial charge in [0.05, 0.1) is 6.61 Å². The smallest absolute Gasteiger partial charge is 0.222 e. The third-order valence-electron chi connectivity index (χ3n) is 6.32. The number of likely N-dealkylation sites (tertiary alicyclic amines) is 1. The molecule has 6 heteroatoms. The maximum Gasteiger partial charge on any atom is 0.222 e. The number of pyridine rings is 1. The molecule has 0 bridgehead atoms. The van der Waals surface area contributed by atoms with Gasteiger partial charge >= 0.3 is 0 Å². The molecular formula is C25H27ClN2O3. The van der Waals surface area contributed by atoms with Crippen LogP contribution < -0.4 is 4.74 Å². The number of benzene rings is 2. The average Bonchev–Trinajstić information content (AvgIpc) is 2.79. The quantitative estimate of drug-likeness (QED) is 0.547. The molecule has 1 spiro atoms. The Bertz CT molecular complexity index is 1120. The van der Waals surface area contributed by atoms with E-state index in [4.69, 9.17) is 9.47 Å². The molecule has 0 aliphatic carbocycles. The van der Waals surface area contributed by atoms with Crippen LogP contribution in [0.3, 0.4) is 0 Å². The molecule has 0 radical (unpaired) electrons. The van der Waals surface area contributed by atoms with E-state index in [1.165, 1.54) is 16.3 Å². The number of halogens is 1. The molecule has 0 unspecified atom stereocenters. The van der Waals surface area contributed by atoms with E-state index < -0.39 is 5.79 Å². The predicted molar refractivity (Wildman–Crippen MR) is 123 cm³/mol. The summed E-state index contributed by atoms with van der Waals surface area (Å²) in [5, 5.41) is 2.37. The van der Waals surface area contributed by atoms with Crippen molar-refractivity contribution in [2.45, 2.75) is 45.5 Å². The van der Waals surface area contributed by atoms with Gasteiger partial charge in [-0.15, -0.1) is 12.4 Å². The fourth-order valence-corrected chi connectivity index (χ4v) is 4.49. The number of rotatable bonds is 2. The first-order valence-electron chi connectivity index (χ1n) is 10.7. The van der Waals surface area contributed by atoms with Crippen molar-refractivity contribution in [3.05, 3.63) is 59.9 Å². The fraction of sp³-hybridized carbons (Fsp3) is 0.360. The number of carbonyl (C=O) groups is 1. The van der Waals surface area contributed by atoms with E-state index in [1.54, 1.807) is 0 Å². The van der Waals surface area contributed by atoms with Gasteiger partial charge in [0.2, 0.25) is 11.7 Å². The van der Waals surface area contributed by atoms with Gasteiger partial charge in [0.15, 0.2) is 0 Å². The Morgan fingerprint density at radius 3 is 2.61 bits per heavy atom. The Morgan fingerprint density at radius 1 is 1.10 bits per heavy atom. The Hall–Kier alpha value is -2.63. The first-order chi connectivity index (χ1) is 14.6. The highest BCUT2D eigenvalue weighted by atomic mass is 35.5. The van der Waals surface area contributed by atoms with Gasteiger partial charge in [-0.05, 0) is 47.7 Å². The van der Waals surface area contributed by atoms with Crippen molar-refractivity contribution in [3.63, 3.8) is 0 Å². The van der Waals surface area contributed by atoms with E-state index in [2.05, 4.69) is 47.4 Å². The third-order valence-corrected chi connectivity index (χ3v) is 6.32. The number of hydrogen-bond donors (Lipinski definition) is 0. The topological polar surface area (TPSA) is 51.7 Å². The van der Waals surface area contributed by atoms with E-state index in [9.17, 15) is 4.79 Å². The number of carbonyl (C=O) groups excluding carboxylic acids is 1. The molecule has 3 heterocycles. The van der Waals surface area contributed by atoms with Gasteiger partial charge in [-0.3, -0.25) is 9.78 Å². The molecule has 2 aliphatic rings. The first kappa shape index (κ1) is 21.6. The summed E-state index contributed by atoms with van der Waals surface area (Å²) in [5.41, 5.74) is 4.43. The van der Waals surface area contributed by atoms with Crippen LogP contribution in [0.1, 0.15) is 37.4 Å². The van der Waals surface area contributed by atoms with Crippen molar-refractivity contribution >= 4 is 29.1 Å². The maximum absolute atomic E-state index is 11.9. The Labute approximate surface area is 188 Å². The van der Waals surface area contributed by atoms with Gasteiger partial charge in [0.25, 0.3) is 0 Å². The molecule has 3 aromatic rings. The lowest BCUT2D eigenvalue weighted by Crippen LogP contribution is -2.52. The minimum absolute atomic E-state index is 0. The summed E-state index contributed by atoms with van der Waals surface area (Å²) in [6.07, 6.45) is 3.82.